The van der Waals surface area contributed by atoms with Gasteiger partial charge in [-0.2, -0.15) is 5.10 Å². The normalized spacial score (nSPS) is 16.6. The summed E-state index contributed by atoms with van der Waals surface area (Å²) < 4.78 is 12.1. The van der Waals surface area contributed by atoms with Crippen molar-refractivity contribution in [1.29, 1.82) is 0 Å². The lowest BCUT2D eigenvalue weighted by atomic mass is 10.1. The van der Waals surface area contributed by atoms with Gasteiger partial charge in [-0.15, -0.1) is 10.2 Å². The van der Waals surface area contributed by atoms with E-state index in [1.54, 1.807) is 18.7 Å². The summed E-state index contributed by atoms with van der Waals surface area (Å²) in [4.78, 5) is 17.1. The Morgan fingerprint density at radius 3 is 2.81 bits per heavy atom. The zero-order valence-corrected chi connectivity index (χ0v) is 18.9. The molecule has 1 saturated heterocycles. The molecule has 31 heavy (non-hydrogen) atoms. The maximum absolute atomic E-state index is 13.0. The number of piperazine rings is 1. The van der Waals surface area contributed by atoms with Crippen molar-refractivity contribution in [1.82, 2.24) is 24.9 Å². The molecule has 0 unspecified atom stereocenters. The van der Waals surface area contributed by atoms with Crippen molar-refractivity contribution in [2.45, 2.75) is 26.4 Å². The van der Waals surface area contributed by atoms with Crippen LogP contribution in [0.2, 0.25) is 10.0 Å². The SMILES string of the molecule is COc1cc(N2CCN(C(=O)Cn3nc(-c4nnco4)c(Cl)c3C)[C@@H](C)C2)ccc1Cl. The molecule has 0 radical (unpaired) electrons. The molecule has 0 N–H and O–H groups in total. The summed E-state index contributed by atoms with van der Waals surface area (Å²) in [5, 5.41) is 12.9. The third kappa shape index (κ3) is 4.20. The highest BCUT2D eigenvalue weighted by Gasteiger charge is 2.29. The summed E-state index contributed by atoms with van der Waals surface area (Å²) in [6.07, 6.45) is 1.21. The molecule has 9 nitrogen and oxygen atoms in total. The van der Waals surface area contributed by atoms with E-state index in [1.165, 1.54) is 6.39 Å². The van der Waals surface area contributed by atoms with Crippen LogP contribution in [-0.2, 0) is 11.3 Å². The summed E-state index contributed by atoms with van der Waals surface area (Å²) in [6.45, 7) is 5.91. The Morgan fingerprint density at radius 2 is 2.13 bits per heavy atom. The number of ether oxygens (including phenoxy) is 1. The number of hydrogen-bond donors (Lipinski definition) is 0. The molecule has 1 fully saturated rings. The maximum Gasteiger partial charge on any atom is 0.269 e. The summed E-state index contributed by atoms with van der Waals surface area (Å²) >= 11 is 12.5. The highest BCUT2D eigenvalue weighted by atomic mass is 35.5. The number of aromatic nitrogens is 4. The van der Waals surface area contributed by atoms with E-state index in [-0.39, 0.29) is 24.4 Å². The van der Waals surface area contributed by atoms with Crippen LogP contribution in [0.3, 0.4) is 0 Å². The third-order valence-electron chi connectivity index (χ3n) is 5.43. The van der Waals surface area contributed by atoms with E-state index in [9.17, 15) is 4.79 Å². The van der Waals surface area contributed by atoms with Crippen LogP contribution in [0.1, 0.15) is 12.6 Å². The van der Waals surface area contributed by atoms with Crippen molar-refractivity contribution in [2.75, 3.05) is 31.6 Å². The zero-order chi connectivity index (χ0) is 22.1. The van der Waals surface area contributed by atoms with Gasteiger partial charge in [-0.25, -0.2) is 0 Å². The fourth-order valence-electron chi connectivity index (χ4n) is 3.72. The first-order chi connectivity index (χ1) is 14.9. The highest BCUT2D eigenvalue weighted by Crippen LogP contribution is 2.31. The van der Waals surface area contributed by atoms with E-state index in [0.717, 1.165) is 5.69 Å². The molecule has 2 aromatic heterocycles. The molecule has 1 aromatic carbocycles. The molecule has 3 aromatic rings. The molecule has 0 spiro atoms. The van der Waals surface area contributed by atoms with Gasteiger partial charge in [-0.3, -0.25) is 9.48 Å². The number of methoxy groups -OCH3 is 1. The second-order valence-electron chi connectivity index (χ2n) is 7.35. The lowest BCUT2D eigenvalue weighted by Crippen LogP contribution is -2.54. The van der Waals surface area contributed by atoms with Gasteiger partial charge in [-0.05, 0) is 26.0 Å². The van der Waals surface area contributed by atoms with Crippen LogP contribution in [0.4, 0.5) is 5.69 Å². The predicted molar refractivity (Wildman–Crippen MR) is 117 cm³/mol. The van der Waals surface area contributed by atoms with Gasteiger partial charge in [-0.1, -0.05) is 23.2 Å². The molecule has 11 heteroatoms. The molecule has 1 amide bonds. The molecule has 1 atom stereocenters. The second kappa shape index (κ2) is 8.76. The monoisotopic (exact) mass is 464 g/mol. The summed E-state index contributed by atoms with van der Waals surface area (Å²) in [5.74, 6) is 0.827. The minimum Gasteiger partial charge on any atom is -0.495 e. The van der Waals surface area contributed by atoms with E-state index in [4.69, 9.17) is 32.4 Å². The third-order valence-corrected chi connectivity index (χ3v) is 6.19. The number of amides is 1. The molecule has 1 aliphatic heterocycles. The van der Waals surface area contributed by atoms with Crippen molar-refractivity contribution >= 4 is 34.8 Å². The largest absolute Gasteiger partial charge is 0.495 e. The summed E-state index contributed by atoms with van der Waals surface area (Å²) in [6, 6.07) is 5.72. The number of hydrogen-bond acceptors (Lipinski definition) is 7. The molecule has 164 valence electrons. The molecular formula is C20H22Cl2N6O3. The number of anilines is 1. The quantitative estimate of drug-likeness (QED) is 0.571. The molecule has 1 aliphatic rings. The van der Waals surface area contributed by atoms with Crippen molar-refractivity contribution in [3.05, 3.63) is 40.3 Å². The first kappa shape index (κ1) is 21.5. The number of nitrogens with zero attached hydrogens (tertiary/aromatic N) is 6. The van der Waals surface area contributed by atoms with Gasteiger partial charge >= 0.3 is 0 Å². The Kier molecular flexibility index (Phi) is 6.06. The van der Waals surface area contributed by atoms with Crippen LogP contribution in [0.5, 0.6) is 5.75 Å². The molecular weight excluding hydrogens is 443 g/mol. The average Bonchev–Trinajstić information content (AvgIpc) is 3.38. The smallest absolute Gasteiger partial charge is 0.269 e. The predicted octanol–water partition coefficient (Wildman–Crippen LogP) is 3.29. The van der Waals surface area contributed by atoms with E-state index in [1.807, 2.05) is 30.0 Å². The second-order valence-corrected chi connectivity index (χ2v) is 8.14. The van der Waals surface area contributed by atoms with Gasteiger partial charge in [0.1, 0.15) is 12.3 Å². The Bertz CT molecular complexity index is 1090. The molecule has 3 heterocycles. The molecule has 0 aliphatic carbocycles. The first-order valence-electron chi connectivity index (χ1n) is 9.76. The molecule has 0 saturated carbocycles. The zero-order valence-electron chi connectivity index (χ0n) is 17.4. The van der Waals surface area contributed by atoms with E-state index in [2.05, 4.69) is 20.2 Å². The first-order valence-corrected chi connectivity index (χ1v) is 10.5. The Hall–Kier alpha value is -2.78. The fraction of sp³-hybridized carbons (Fsp3) is 0.400. The lowest BCUT2D eigenvalue weighted by molar-refractivity contribution is -0.134. The van der Waals surface area contributed by atoms with Crippen LogP contribution in [0, 0.1) is 6.92 Å². The number of halogens is 2. The minimum absolute atomic E-state index is 0.0182. The minimum atomic E-state index is -0.0276. The standard InChI is InChI=1S/C20H22Cl2N6O3/c1-12-9-26(14-4-5-15(21)16(8-14)30-3)6-7-27(12)17(29)10-28-13(2)18(22)19(25-28)20-24-23-11-31-20/h4-5,8,11-12H,6-7,9-10H2,1-3H3/t12-/m0/s1. The lowest BCUT2D eigenvalue weighted by Gasteiger charge is -2.41. The Labute approximate surface area is 189 Å². The Morgan fingerprint density at radius 1 is 1.32 bits per heavy atom. The van der Waals surface area contributed by atoms with Crippen molar-refractivity contribution in [3.8, 4) is 17.3 Å². The number of benzene rings is 1. The highest BCUT2D eigenvalue weighted by molar-refractivity contribution is 6.33. The topological polar surface area (TPSA) is 89.5 Å². The summed E-state index contributed by atoms with van der Waals surface area (Å²) in [5.41, 5.74) is 2.06. The van der Waals surface area contributed by atoms with Gasteiger partial charge in [0.15, 0.2) is 5.69 Å². The van der Waals surface area contributed by atoms with Gasteiger partial charge in [0.05, 0.1) is 22.8 Å². The molecule has 4 rings (SSSR count). The number of rotatable bonds is 5. The number of carbonyl (C=O) groups is 1. The van der Waals surface area contributed by atoms with Crippen LogP contribution in [0.15, 0.2) is 29.0 Å². The maximum atomic E-state index is 13.0. The number of carbonyl (C=O) groups excluding carboxylic acids is 1. The van der Waals surface area contributed by atoms with Gasteiger partial charge in [0.25, 0.3) is 5.89 Å². The van der Waals surface area contributed by atoms with Gasteiger partial charge in [0, 0.05) is 37.4 Å². The van der Waals surface area contributed by atoms with E-state index in [0.29, 0.717) is 46.8 Å². The summed E-state index contributed by atoms with van der Waals surface area (Å²) in [7, 11) is 1.59. The van der Waals surface area contributed by atoms with Crippen LogP contribution in [0.25, 0.3) is 11.6 Å². The Balaban J connectivity index is 1.45. The van der Waals surface area contributed by atoms with Crippen molar-refractivity contribution in [2.24, 2.45) is 0 Å². The van der Waals surface area contributed by atoms with E-state index < -0.39 is 0 Å². The van der Waals surface area contributed by atoms with Crippen molar-refractivity contribution in [3.63, 3.8) is 0 Å². The van der Waals surface area contributed by atoms with E-state index >= 15 is 0 Å². The molecule has 0 bridgehead atoms. The van der Waals surface area contributed by atoms with Gasteiger partial charge in [0.2, 0.25) is 12.3 Å². The van der Waals surface area contributed by atoms with Crippen molar-refractivity contribution < 1.29 is 13.9 Å². The average molecular weight is 465 g/mol. The van der Waals surface area contributed by atoms with Gasteiger partial charge < -0.3 is 19.0 Å². The van der Waals surface area contributed by atoms with Crippen LogP contribution < -0.4 is 9.64 Å². The fourth-order valence-corrected chi connectivity index (χ4v) is 4.13. The van der Waals surface area contributed by atoms with Crippen LogP contribution in [-0.4, -0.2) is 63.6 Å². The van der Waals surface area contributed by atoms with Crippen LogP contribution >= 0.6 is 23.2 Å².